The molecule has 1 aliphatic rings. The summed E-state index contributed by atoms with van der Waals surface area (Å²) in [6, 6.07) is 0. The molecule has 0 aromatic heterocycles. The van der Waals surface area contributed by atoms with E-state index in [0.29, 0.717) is 0 Å². The summed E-state index contributed by atoms with van der Waals surface area (Å²) in [5.41, 5.74) is 0. The third kappa shape index (κ3) is 17.1. The number of hydrogen-bond donors (Lipinski definition) is 4. The third-order valence-corrected chi connectivity index (χ3v) is 2.37. The number of nitrogens with one attached hydrogen (secondary N) is 4. The van der Waals surface area contributed by atoms with Crippen LogP contribution in [0.4, 0.5) is 0 Å². The molecule has 0 aromatic carbocycles. The minimum absolute atomic E-state index is 0. The van der Waals surface area contributed by atoms with Gasteiger partial charge in [0.1, 0.15) is 0 Å². The van der Waals surface area contributed by atoms with E-state index in [9.17, 15) is 0 Å². The summed E-state index contributed by atoms with van der Waals surface area (Å²) >= 11 is 0. The Morgan fingerprint density at radius 1 is 0.412 bits per heavy atom. The molecule has 0 unspecified atom stereocenters. The molecule has 0 amide bonds. The molecule has 4 N–H and O–H groups in total. The Morgan fingerprint density at radius 2 is 0.647 bits per heavy atom. The molecule has 108 valence electrons. The molecule has 1 fully saturated rings. The van der Waals surface area contributed by atoms with Gasteiger partial charge in [-0.1, -0.05) is 0 Å². The predicted octanol–water partition coefficient (Wildman–Crippen LogP) is -6.86. The zero-order chi connectivity index (χ0) is 9.90. The average molecular weight is 378 g/mol. The SMILES string of the molecule is C1CNCCNCCCNCCNC1.[Cl-].[Cl-].[Pd+2]. The fourth-order valence-electron chi connectivity index (χ4n) is 1.53. The van der Waals surface area contributed by atoms with E-state index >= 15 is 0 Å². The molecule has 0 bridgehead atoms. The van der Waals surface area contributed by atoms with Gasteiger partial charge in [0.25, 0.3) is 0 Å². The van der Waals surface area contributed by atoms with Crippen molar-refractivity contribution in [1.29, 1.82) is 0 Å². The normalized spacial score (nSPS) is 19.8. The number of halogens is 2. The maximum absolute atomic E-state index is 3.42. The van der Waals surface area contributed by atoms with Crippen molar-refractivity contribution in [1.82, 2.24) is 21.3 Å². The zero-order valence-electron chi connectivity index (χ0n) is 10.1. The summed E-state index contributed by atoms with van der Waals surface area (Å²) in [7, 11) is 0. The van der Waals surface area contributed by atoms with Gasteiger partial charge in [-0.2, -0.15) is 0 Å². The van der Waals surface area contributed by atoms with Crippen molar-refractivity contribution in [3.05, 3.63) is 0 Å². The molecule has 0 aromatic rings. The van der Waals surface area contributed by atoms with E-state index in [-0.39, 0.29) is 45.2 Å². The summed E-state index contributed by atoms with van der Waals surface area (Å²) in [6.07, 6.45) is 2.44. The molecule has 0 radical (unpaired) electrons. The molecule has 0 spiro atoms. The maximum atomic E-state index is 3.42. The predicted molar refractivity (Wildman–Crippen MR) is 60.7 cm³/mol. The van der Waals surface area contributed by atoms with E-state index in [1.807, 2.05) is 0 Å². The Morgan fingerprint density at radius 3 is 0.882 bits per heavy atom. The van der Waals surface area contributed by atoms with Crippen LogP contribution in [0.25, 0.3) is 0 Å². The second kappa shape index (κ2) is 19.4. The average Bonchev–Trinajstić information content (AvgIpc) is 2.22. The molecule has 7 heteroatoms. The minimum atomic E-state index is 0. The second-order valence-corrected chi connectivity index (χ2v) is 3.71. The first-order chi connectivity index (χ1) is 7.00. The second-order valence-electron chi connectivity index (χ2n) is 3.71. The van der Waals surface area contributed by atoms with Crippen molar-refractivity contribution in [2.24, 2.45) is 0 Å². The van der Waals surface area contributed by atoms with Crippen LogP contribution in [0.3, 0.4) is 0 Å². The Bertz CT molecular complexity index is 79.6. The van der Waals surface area contributed by atoms with E-state index in [1.165, 1.54) is 12.8 Å². The van der Waals surface area contributed by atoms with Crippen molar-refractivity contribution >= 4 is 0 Å². The van der Waals surface area contributed by atoms with Crippen molar-refractivity contribution in [2.45, 2.75) is 12.8 Å². The fourth-order valence-corrected chi connectivity index (χ4v) is 1.53. The van der Waals surface area contributed by atoms with Crippen molar-refractivity contribution < 1.29 is 45.2 Å². The van der Waals surface area contributed by atoms with Gasteiger partial charge in [-0.15, -0.1) is 0 Å². The van der Waals surface area contributed by atoms with Gasteiger partial charge in [0, 0.05) is 26.2 Å². The zero-order valence-corrected chi connectivity index (χ0v) is 13.2. The third-order valence-electron chi connectivity index (χ3n) is 2.37. The van der Waals surface area contributed by atoms with Gasteiger partial charge in [0.2, 0.25) is 0 Å². The Kier molecular flexibility index (Phi) is 26.5. The Labute approximate surface area is 131 Å². The molecular formula is C10H24Cl2N4Pd. The van der Waals surface area contributed by atoms with E-state index in [4.69, 9.17) is 0 Å². The summed E-state index contributed by atoms with van der Waals surface area (Å²) in [5.74, 6) is 0. The maximum Gasteiger partial charge on any atom is 2.00 e. The number of hydrogen-bond acceptors (Lipinski definition) is 4. The first-order valence-electron chi connectivity index (χ1n) is 5.83. The van der Waals surface area contributed by atoms with E-state index in [0.717, 1.165) is 52.4 Å². The molecule has 1 heterocycles. The fraction of sp³-hybridized carbons (Fsp3) is 1.00. The standard InChI is InChI=1S/C10H24N4.2ClH.Pd/c1-3-11-7-9-13-5-2-6-14-10-8-12-4-1;;;/h11-14H,1-10H2;2*1H;/q;;;+2/p-2. The van der Waals surface area contributed by atoms with Crippen LogP contribution in [-0.2, 0) is 20.4 Å². The summed E-state index contributed by atoms with van der Waals surface area (Å²) in [6.45, 7) is 8.87. The largest absolute Gasteiger partial charge is 2.00 e. The van der Waals surface area contributed by atoms with E-state index < -0.39 is 0 Å². The van der Waals surface area contributed by atoms with E-state index in [2.05, 4.69) is 21.3 Å². The van der Waals surface area contributed by atoms with Gasteiger partial charge in [-0.3, -0.25) is 0 Å². The van der Waals surface area contributed by atoms with Gasteiger partial charge in [0.05, 0.1) is 0 Å². The number of rotatable bonds is 0. The smallest absolute Gasteiger partial charge is 1.00 e. The molecule has 1 aliphatic heterocycles. The summed E-state index contributed by atoms with van der Waals surface area (Å²) in [4.78, 5) is 0. The van der Waals surface area contributed by atoms with Crippen LogP contribution in [0.5, 0.6) is 0 Å². The van der Waals surface area contributed by atoms with Crippen LogP contribution in [0, 0.1) is 0 Å². The van der Waals surface area contributed by atoms with Crippen LogP contribution in [0.1, 0.15) is 12.8 Å². The Balaban J connectivity index is -0.000000653. The molecule has 1 rings (SSSR count). The van der Waals surface area contributed by atoms with Gasteiger partial charge in [-0.25, -0.2) is 0 Å². The van der Waals surface area contributed by atoms with Gasteiger partial charge < -0.3 is 46.1 Å². The van der Waals surface area contributed by atoms with Gasteiger partial charge in [0.15, 0.2) is 0 Å². The molecule has 4 nitrogen and oxygen atoms in total. The summed E-state index contributed by atoms with van der Waals surface area (Å²) < 4.78 is 0. The van der Waals surface area contributed by atoms with Crippen molar-refractivity contribution in [2.75, 3.05) is 52.4 Å². The first-order valence-corrected chi connectivity index (χ1v) is 5.83. The molecule has 0 aliphatic carbocycles. The monoisotopic (exact) mass is 376 g/mol. The van der Waals surface area contributed by atoms with Crippen molar-refractivity contribution in [3.63, 3.8) is 0 Å². The van der Waals surface area contributed by atoms with Crippen LogP contribution in [0.15, 0.2) is 0 Å². The van der Waals surface area contributed by atoms with Gasteiger partial charge in [-0.05, 0) is 39.0 Å². The molecule has 1 saturated heterocycles. The van der Waals surface area contributed by atoms with E-state index in [1.54, 1.807) is 0 Å². The molecule has 17 heavy (non-hydrogen) atoms. The van der Waals surface area contributed by atoms with Crippen LogP contribution >= 0.6 is 0 Å². The van der Waals surface area contributed by atoms with Crippen molar-refractivity contribution in [3.8, 4) is 0 Å². The molecule has 0 atom stereocenters. The van der Waals surface area contributed by atoms with Gasteiger partial charge >= 0.3 is 20.4 Å². The minimum Gasteiger partial charge on any atom is -1.00 e. The molecular weight excluding hydrogens is 353 g/mol. The van der Waals surface area contributed by atoms with Crippen LogP contribution < -0.4 is 46.1 Å². The van der Waals surface area contributed by atoms with Crippen LogP contribution in [-0.4, -0.2) is 52.4 Å². The molecule has 0 saturated carbocycles. The Hall–Kier alpha value is 1.08. The first kappa shape index (κ1) is 23.2. The topological polar surface area (TPSA) is 48.1 Å². The van der Waals surface area contributed by atoms with Crippen LogP contribution in [0.2, 0.25) is 0 Å². The quantitative estimate of drug-likeness (QED) is 0.317. The summed E-state index contributed by atoms with van der Waals surface area (Å²) in [5, 5.41) is 13.7.